The van der Waals surface area contributed by atoms with Gasteiger partial charge in [0.2, 0.25) is 11.8 Å². The predicted molar refractivity (Wildman–Crippen MR) is 58.8 cm³/mol. The summed E-state index contributed by atoms with van der Waals surface area (Å²) in [5.74, 6) is 0.0578. The van der Waals surface area contributed by atoms with Crippen molar-refractivity contribution in [3.8, 4) is 0 Å². The van der Waals surface area contributed by atoms with Gasteiger partial charge in [-0.3, -0.25) is 9.59 Å². The molecule has 1 fully saturated rings. The molecule has 1 saturated heterocycles. The van der Waals surface area contributed by atoms with E-state index in [-0.39, 0.29) is 11.8 Å². The molecule has 0 aromatic rings. The quantitative estimate of drug-likeness (QED) is 0.658. The van der Waals surface area contributed by atoms with E-state index < -0.39 is 5.38 Å². The van der Waals surface area contributed by atoms with Crippen LogP contribution >= 0.6 is 11.6 Å². The molecule has 1 aliphatic heterocycles. The first kappa shape index (κ1) is 12.3. The Hall–Kier alpha value is -0.770. The maximum absolute atomic E-state index is 11.7. The SMILES string of the molecule is CC[C@H](Cl)C(=O)N1CCN(C(C)=O)CC1. The number of amides is 2. The monoisotopic (exact) mass is 232 g/mol. The zero-order valence-electron chi connectivity index (χ0n) is 9.20. The van der Waals surface area contributed by atoms with E-state index in [2.05, 4.69) is 0 Å². The number of carbonyl (C=O) groups excluding carboxylic acids is 2. The summed E-state index contributed by atoms with van der Waals surface area (Å²) < 4.78 is 0. The van der Waals surface area contributed by atoms with Crippen molar-refractivity contribution in [3.63, 3.8) is 0 Å². The minimum atomic E-state index is -0.422. The van der Waals surface area contributed by atoms with Gasteiger partial charge in [0.05, 0.1) is 0 Å². The van der Waals surface area contributed by atoms with Crippen molar-refractivity contribution in [3.05, 3.63) is 0 Å². The topological polar surface area (TPSA) is 40.6 Å². The molecule has 4 nitrogen and oxygen atoms in total. The Labute approximate surface area is 95.2 Å². The van der Waals surface area contributed by atoms with Crippen molar-refractivity contribution >= 4 is 23.4 Å². The molecule has 5 heteroatoms. The third-order valence-electron chi connectivity index (χ3n) is 2.66. The Morgan fingerprint density at radius 1 is 1.20 bits per heavy atom. The molecule has 1 rings (SSSR count). The lowest BCUT2D eigenvalue weighted by Gasteiger charge is -2.35. The van der Waals surface area contributed by atoms with Crippen molar-refractivity contribution in [2.45, 2.75) is 25.6 Å². The molecule has 0 bridgehead atoms. The minimum absolute atomic E-state index is 0.0117. The number of piperazine rings is 1. The first-order valence-electron chi connectivity index (χ1n) is 5.24. The van der Waals surface area contributed by atoms with Crippen LogP contribution in [0.2, 0.25) is 0 Å². The van der Waals surface area contributed by atoms with Crippen LogP contribution in [-0.2, 0) is 9.59 Å². The molecule has 0 unspecified atom stereocenters. The number of alkyl halides is 1. The third-order valence-corrected chi connectivity index (χ3v) is 3.16. The highest BCUT2D eigenvalue weighted by atomic mass is 35.5. The van der Waals surface area contributed by atoms with E-state index in [1.165, 1.54) is 0 Å². The van der Waals surface area contributed by atoms with Crippen LogP contribution in [-0.4, -0.2) is 53.2 Å². The molecule has 0 aliphatic carbocycles. The summed E-state index contributed by atoms with van der Waals surface area (Å²) in [6.45, 7) is 5.88. The van der Waals surface area contributed by atoms with Crippen LogP contribution in [0.25, 0.3) is 0 Å². The predicted octanol–water partition coefficient (Wildman–Crippen LogP) is 0.694. The lowest BCUT2D eigenvalue weighted by Crippen LogP contribution is -2.51. The third kappa shape index (κ3) is 3.09. The molecule has 0 radical (unpaired) electrons. The number of rotatable bonds is 2. The van der Waals surface area contributed by atoms with E-state index in [4.69, 9.17) is 11.6 Å². The van der Waals surface area contributed by atoms with Gasteiger partial charge in [0, 0.05) is 33.1 Å². The Bertz CT molecular complexity index is 250. The fourth-order valence-electron chi connectivity index (χ4n) is 1.61. The first-order valence-corrected chi connectivity index (χ1v) is 5.68. The zero-order valence-corrected chi connectivity index (χ0v) is 9.96. The standard InChI is InChI=1S/C10H17ClN2O2/c1-3-9(11)10(15)13-6-4-12(5-7-13)8(2)14/h9H,3-7H2,1-2H3/t9-/m0/s1. The van der Waals surface area contributed by atoms with Crippen LogP contribution in [0.1, 0.15) is 20.3 Å². The van der Waals surface area contributed by atoms with Crippen molar-refractivity contribution in [1.82, 2.24) is 9.80 Å². The summed E-state index contributed by atoms with van der Waals surface area (Å²) in [7, 11) is 0. The normalized spacial score (nSPS) is 18.9. The highest BCUT2D eigenvalue weighted by molar-refractivity contribution is 6.30. The van der Waals surface area contributed by atoms with Gasteiger partial charge in [-0.15, -0.1) is 11.6 Å². The summed E-state index contributed by atoms with van der Waals surface area (Å²) in [5.41, 5.74) is 0. The van der Waals surface area contributed by atoms with Crippen LogP contribution in [0.4, 0.5) is 0 Å². The van der Waals surface area contributed by atoms with Gasteiger partial charge in [-0.2, -0.15) is 0 Å². The zero-order chi connectivity index (χ0) is 11.4. The lowest BCUT2D eigenvalue weighted by atomic mass is 10.2. The summed E-state index contributed by atoms with van der Waals surface area (Å²) in [4.78, 5) is 26.2. The number of carbonyl (C=O) groups is 2. The molecule has 15 heavy (non-hydrogen) atoms. The highest BCUT2D eigenvalue weighted by Crippen LogP contribution is 2.09. The molecule has 1 atom stereocenters. The second-order valence-corrected chi connectivity index (χ2v) is 4.23. The molecule has 1 aliphatic rings. The fraction of sp³-hybridized carbons (Fsp3) is 0.800. The van der Waals surface area contributed by atoms with Gasteiger partial charge in [0.1, 0.15) is 5.38 Å². The largest absolute Gasteiger partial charge is 0.339 e. The van der Waals surface area contributed by atoms with E-state index in [0.29, 0.717) is 32.6 Å². The number of halogens is 1. The number of nitrogens with zero attached hydrogens (tertiary/aromatic N) is 2. The number of hydrogen-bond acceptors (Lipinski definition) is 2. The molecule has 0 N–H and O–H groups in total. The van der Waals surface area contributed by atoms with Gasteiger partial charge in [-0.1, -0.05) is 6.92 Å². The van der Waals surface area contributed by atoms with E-state index in [1.807, 2.05) is 6.92 Å². The van der Waals surface area contributed by atoms with Crippen LogP contribution in [0.15, 0.2) is 0 Å². The van der Waals surface area contributed by atoms with Crippen molar-refractivity contribution in [2.75, 3.05) is 26.2 Å². The maximum atomic E-state index is 11.7. The molecule has 2 amide bonds. The van der Waals surface area contributed by atoms with E-state index in [9.17, 15) is 9.59 Å². The highest BCUT2D eigenvalue weighted by Gasteiger charge is 2.25. The fourth-order valence-corrected chi connectivity index (χ4v) is 1.75. The van der Waals surface area contributed by atoms with E-state index >= 15 is 0 Å². The second kappa shape index (κ2) is 5.35. The molecular weight excluding hydrogens is 216 g/mol. The van der Waals surface area contributed by atoms with Crippen LogP contribution in [0.3, 0.4) is 0 Å². The van der Waals surface area contributed by atoms with Crippen molar-refractivity contribution in [2.24, 2.45) is 0 Å². The van der Waals surface area contributed by atoms with Crippen molar-refractivity contribution in [1.29, 1.82) is 0 Å². The first-order chi connectivity index (χ1) is 7.06. The van der Waals surface area contributed by atoms with Crippen LogP contribution in [0, 0.1) is 0 Å². The smallest absolute Gasteiger partial charge is 0.240 e. The Morgan fingerprint density at radius 2 is 1.67 bits per heavy atom. The average molecular weight is 233 g/mol. The number of hydrogen-bond donors (Lipinski definition) is 0. The Morgan fingerprint density at radius 3 is 2.07 bits per heavy atom. The summed E-state index contributed by atoms with van der Waals surface area (Å²) in [5, 5.41) is -0.422. The van der Waals surface area contributed by atoms with Crippen LogP contribution < -0.4 is 0 Å². The van der Waals surface area contributed by atoms with E-state index in [1.54, 1.807) is 16.7 Å². The Kier molecular flexibility index (Phi) is 4.39. The van der Waals surface area contributed by atoms with Gasteiger partial charge in [-0.25, -0.2) is 0 Å². The second-order valence-electron chi connectivity index (χ2n) is 3.71. The maximum Gasteiger partial charge on any atom is 0.240 e. The van der Waals surface area contributed by atoms with Gasteiger partial charge < -0.3 is 9.80 Å². The molecule has 0 spiro atoms. The molecule has 0 aromatic carbocycles. The van der Waals surface area contributed by atoms with Gasteiger partial charge >= 0.3 is 0 Å². The molecule has 0 aromatic heterocycles. The lowest BCUT2D eigenvalue weighted by molar-refractivity contribution is -0.138. The molecule has 1 heterocycles. The van der Waals surface area contributed by atoms with Gasteiger partial charge in [-0.05, 0) is 6.42 Å². The summed E-state index contributed by atoms with van der Waals surface area (Å²) >= 11 is 5.88. The van der Waals surface area contributed by atoms with E-state index in [0.717, 1.165) is 0 Å². The van der Waals surface area contributed by atoms with Crippen LogP contribution in [0.5, 0.6) is 0 Å². The summed E-state index contributed by atoms with van der Waals surface area (Å²) in [6.07, 6.45) is 0.646. The van der Waals surface area contributed by atoms with Gasteiger partial charge in [0.25, 0.3) is 0 Å². The summed E-state index contributed by atoms with van der Waals surface area (Å²) in [6, 6.07) is 0. The van der Waals surface area contributed by atoms with Crippen molar-refractivity contribution < 1.29 is 9.59 Å². The van der Waals surface area contributed by atoms with Gasteiger partial charge in [0.15, 0.2) is 0 Å². The molecule has 86 valence electrons. The molecular formula is C10H17ClN2O2. The minimum Gasteiger partial charge on any atom is -0.339 e. The molecule has 0 saturated carbocycles. The Balaban J connectivity index is 2.43. The average Bonchev–Trinajstić information content (AvgIpc) is 2.27.